The molecule has 148 valence electrons. The first-order chi connectivity index (χ1) is 13.6. The molecule has 0 spiro atoms. The average molecular weight is 385 g/mol. The van der Waals surface area contributed by atoms with Crippen molar-refractivity contribution in [2.24, 2.45) is 0 Å². The molecule has 1 N–H and O–H groups in total. The number of ether oxygens (including phenoxy) is 4. The first kappa shape index (κ1) is 19.5. The molecule has 0 unspecified atom stereocenters. The highest BCUT2D eigenvalue weighted by atomic mass is 16.6. The Kier molecular flexibility index (Phi) is 6.73. The number of rotatable bonds is 8. The van der Waals surface area contributed by atoms with Gasteiger partial charge in [-0.2, -0.15) is 0 Å². The number of aryl methyl sites for hydroxylation is 1. The van der Waals surface area contributed by atoms with Gasteiger partial charge in [0.2, 0.25) is 0 Å². The number of esters is 1. The Labute approximate surface area is 163 Å². The SMILES string of the molecule is Cc1ccc(OCCCC(=O)OCC(=O)Nc2ccc3c(c2)OCCO3)cc1. The Hall–Kier alpha value is -3.22. The van der Waals surface area contributed by atoms with Crippen molar-refractivity contribution < 1.29 is 28.5 Å². The van der Waals surface area contributed by atoms with Crippen LogP contribution in [0.25, 0.3) is 0 Å². The van der Waals surface area contributed by atoms with E-state index in [1.165, 1.54) is 0 Å². The molecule has 1 heterocycles. The third-order valence-electron chi connectivity index (χ3n) is 4.01. The zero-order valence-corrected chi connectivity index (χ0v) is 15.7. The number of anilines is 1. The molecule has 28 heavy (non-hydrogen) atoms. The fourth-order valence-electron chi connectivity index (χ4n) is 2.58. The Morgan fingerprint density at radius 2 is 1.79 bits per heavy atom. The van der Waals surface area contributed by atoms with Crippen molar-refractivity contribution in [3.8, 4) is 17.2 Å². The van der Waals surface area contributed by atoms with Crippen LogP contribution in [0.15, 0.2) is 42.5 Å². The highest BCUT2D eigenvalue weighted by Crippen LogP contribution is 2.32. The molecule has 0 atom stereocenters. The van der Waals surface area contributed by atoms with Gasteiger partial charge in [-0.25, -0.2) is 0 Å². The van der Waals surface area contributed by atoms with Gasteiger partial charge in [-0.15, -0.1) is 0 Å². The molecule has 0 bridgehead atoms. The van der Waals surface area contributed by atoms with Gasteiger partial charge in [-0.05, 0) is 37.6 Å². The van der Waals surface area contributed by atoms with Crippen LogP contribution in [-0.4, -0.2) is 38.3 Å². The summed E-state index contributed by atoms with van der Waals surface area (Å²) in [5.74, 6) is 1.13. The summed E-state index contributed by atoms with van der Waals surface area (Å²) in [6, 6.07) is 12.8. The van der Waals surface area contributed by atoms with Crippen LogP contribution in [0.3, 0.4) is 0 Å². The third kappa shape index (κ3) is 5.90. The molecule has 0 radical (unpaired) electrons. The van der Waals surface area contributed by atoms with Crippen LogP contribution in [0.4, 0.5) is 5.69 Å². The Morgan fingerprint density at radius 3 is 2.57 bits per heavy atom. The highest BCUT2D eigenvalue weighted by molar-refractivity contribution is 5.93. The number of carbonyl (C=O) groups is 2. The molecule has 3 rings (SSSR count). The largest absolute Gasteiger partial charge is 0.494 e. The summed E-state index contributed by atoms with van der Waals surface area (Å²) in [7, 11) is 0. The predicted octanol–water partition coefficient (Wildman–Crippen LogP) is 3.11. The fourth-order valence-corrected chi connectivity index (χ4v) is 2.58. The van der Waals surface area contributed by atoms with Gasteiger partial charge < -0.3 is 24.3 Å². The van der Waals surface area contributed by atoms with Gasteiger partial charge in [0.15, 0.2) is 18.1 Å². The van der Waals surface area contributed by atoms with Crippen LogP contribution < -0.4 is 19.5 Å². The first-order valence-electron chi connectivity index (χ1n) is 9.15. The second-order valence-corrected chi connectivity index (χ2v) is 6.33. The summed E-state index contributed by atoms with van der Waals surface area (Å²) in [6.45, 7) is 3.04. The summed E-state index contributed by atoms with van der Waals surface area (Å²) in [6.07, 6.45) is 0.694. The quantitative estimate of drug-likeness (QED) is 0.555. The molecule has 0 saturated carbocycles. The lowest BCUT2D eigenvalue weighted by molar-refractivity contribution is -0.147. The Balaban J connectivity index is 1.32. The number of hydrogen-bond acceptors (Lipinski definition) is 6. The summed E-state index contributed by atoms with van der Waals surface area (Å²) in [5.41, 5.74) is 1.71. The normalized spacial score (nSPS) is 12.2. The molecule has 1 aliphatic heterocycles. The number of carbonyl (C=O) groups excluding carboxylic acids is 2. The van der Waals surface area contributed by atoms with Gasteiger partial charge in [0, 0.05) is 18.2 Å². The molecular weight excluding hydrogens is 362 g/mol. The van der Waals surface area contributed by atoms with Crippen molar-refractivity contribution >= 4 is 17.6 Å². The maximum Gasteiger partial charge on any atom is 0.306 e. The lowest BCUT2D eigenvalue weighted by Crippen LogP contribution is -2.21. The van der Waals surface area contributed by atoms with Crippen molar-refractivity contribution in [2.45, 2.75) is 19.8 Å². The number of fused-ring (bicyclic) bond motifs is 1. The molecule has 1 amide bonds. The van der Waals surface area contributed by atoms with Crippen molar-refractivity contribution in [3.63, 3.8) is 0 Å². The van der Waals surface area contributed by atoms with Crippen LogP contribution in [0, 0.1) is 6.92 Å². The van der Waals surface area contributed by atoms with E-state index in [4.69, 9.17) is 18.9 Å². The number of benzene rings is 2. The number of hydrogen-bond donors (Lipinski definition) is 1. The zero-order valence-electron chi connectivity index (χ0n) is 15.7. The van der Waals surface area contributed by atoms with Gasteiger partial charge in [0.25, 0.3) is 5.91 Å². The van der Waals surface area contributed by atoms with Crippen LogP contribution in [0.5, 0.6) is 17.2 Å². The van der Waals surface area contributed by atoms with Crippen LogP contribution >= 0.6 is 0 Å². The number of nitrogens with one attached hydrogen (secondary N) is 1. The van der Waals surface area contributed by atoms with E-state index < -0.39 is 11.9 Å². The highest BCUT2D eigenvalue weighted by Gasteiger charge is 2.13. The van der Waals surface area contributed by atoms with E-state index in [1.807, 2.05) is 31.2 Å². The minimum atomic E-state index is -0.440. The summed E-state index contributed by atoms with van der Waals surface area (Å²) in [5, 5.41) is 2.66. The monoisotopic (exact) mass is 385 g/mol. The summed E-state index contributed by atoms with van der Waals surface area (Å²) >= 11 is 0. The lowest BCUT2D eigenvalue weighted by atomic mass is 10.2. The molecule has 7 nitrogen and oxygen atoms in total. The van der Waals surface area contributed by atoms with Gasteiger partial charge in [0.1, 0.15) is 19.0 Å². The second kappa shape index (κ2) is 9.64. The zero-order chi connectivity index (χ0) is 19.8. The summed E-state index contributed by atoms with van der Waals surface area (Å²) < 4.78 is 21.4. The molecule has 2 aromatic carbocycles. The van der Waals surface area contributed by atoms with Crippen LogP contribution in [0.2, 0.25) is 0 Å². The maximum absolute atomic E-state index is 11.9. The average Bonchev–Trinajstić information content (AvgIpc) is 2.71. The maximum atomic E-state index is 11.9. The van der Waals surface area contributed by atoms with E-state index in [2.05, 4.69) is 5.32 Å². The van der Waals surface area contributed by atoms with Crippen molar-refractivity contribution in [3.05, 3.63) is 48.0 Å². The van der Waals surface area contributed by atoms with Crippen molar-refractivity contribution in [2.75, 3.05) is 31.7 Å². The minimum Gasteiger partial charge on any atom is -0.494 e. The topological polar surface area (TPSA) is 83.1 Å². The molecule has 0 aromatic heterocycles. The van der Waals surface area contributed by atoms with Crippen LogP contribution in [0.1, 0.15) is 18.4 Å². The van der Waals surface area contributed by atoms with E-state index in [-0.39, 0.29) is 13.0 Å². The van der Waals surface area contributed by atoms with E-state index in [0.29, 0.717) is 43.4 Å². The van der Waals surface area contributed by atoms with E-state index in [9.17, 15) is 9.59 Å². The Morgan fingerprint density at radius 1 is 1.04 bits per heavy atom. The van der Waals surface area contributed by atoms with Crippen molar-refractivity contribution in [1.29, 1.82) is 0 Å². The third-order valence-corrected chi connectivity index (χ3v) is 4.01. The van der Waals surface area contributed by atoms with E-state index in [1.54, 1.807) is 18.2 Å². The van der Waals surface area contributed by atoms with Crippen LogP contribution in [-0.2, 0) is 14.3 Å². The fraction of sp³-hybridized carbons (Fsp3) is 0.333. The second-order valence-electron chi connectivity index (χ2n) is 6.33. The molecule has 1 aliphatic rings. The van der Waals surface area contributed by atoms with E-state index >= 15 is 0 Å². The van der Waals surface area contributed by atoms with E-state index in [0.717, 1.165) is 11.3 Å². The summed E-state index contributed by atoms with van der Waals surface area (Å²) in [4.78, 5) is 23.7. The lowest BCUT2D eigenvalue weighted by Gasteiger charge is -2.19. The molecule has 2 aromatic rings. The predicted molar refractivity (Wildman–Crippen MR) is 103 cm³/mol. The molecular formula is C21H23NO6. The molecule has 7 heteroatoms. The number of amides is 1. The first-order valence-corrected chi connectivity index (χ1v) is 9.15. The van der Waals surface area contributed by atoms with Gasteiger partial charge in [0.05, 0.1) is 6.61 Å². The standard InChI is InChI=1S/C21H23NO6/c1-15-4-7-17(8-5-15)25-10-2-3-21(24)28-14-20(23)22-16-6-9-18-19(13-16)27-12-11-26-18/h4-9,13H,2-3,10-12,14H2,1H3,(H,22,23). The Bertz CT molecular complexity index is 818. The van der Waals surface area contributed by atoms with Gasteiger partial charge in [-0.1, -0.05) is 17.7 Å². The van der Waals surface area contributed by atoms with Gasteiger partial charge >= 0.3 is 5.97 Å². The molecule has 0 fully saturated rings. The molecule has 0 saturated heterocycles. The minimum absolute atomic E-state index is 0.184. The molecule has 0 aliphatic carbocycles. The van der Waals surface area contributed by atoms with Gasteiger partial charge in [-0.3, -0.25) is 9.59 Å². The van der Waals surface area contributed by atoms with Crippen molar-refractivity contribution in [1.82, 2.24) is 0 Å². The smallest absolute Gasteiger partial charge is 0.306 e.